The largest absolute Gasteiger partial charge is 0.356 e. The number of nitrogens with zero attached hydrogens (tertiary/aromatic N) is 1. The highest BCUT2D eigenvalue weighted by atomic mass is 19.1. The number of halogens is 2. The van der Waals surface area contributed by atoms with Gasteiger partial charge in [-0.05, 0) is 61.4 Å². The summed E-state index contributed by atoms with van der Waals surface area (Å²) < 4.78 is 28.1. The van der Waals surface area contributed by atoms with Crippen LogP contribution >= 0.6 is 0 Å². The molecule has 2 aromatic carbocycles. The fraction of sp³-hybridized carbons (Fsp3) is 0.516. The van der Waals surface area contributed by atoms with Gasteiger partial charge in [0.15, 0.2) is 0 Å². The normalized spacial score (nSPS) is 13.4. The summed E-state index contributed by atoms with van der Waals surface area (Å²) in [5.74, 6) is -2.39. The summed E-state index contributed by atoms with van der Waals surface area (Å²) in [5.41, 5.74) is 7.35. The van der Waals surface area contributed by atoms with Crippen molar-refractivity contribution in [2.24, 2.45) is 17.6 Å². The van der Waals surface area contributed by atoms with E-state index in [0.29, 0.717) is 25.2 Å². The molecule has 0 aliphatic rings. The van der Waals surface area contributed by atoms with E-state index in [1.165, 1.54) is 6.07 Å². The average Bonchev–Trinajstić information content (AvgIpc) is 2.91. The Morgan fingerprint density at radius 2 is 1.60 bits per heavy atom. The summed E-state index contributed by atoms with van der Waals surface area (Å²) in [6, 6.07) is 8.25. The molecule has 3 amide bonds. The van der Waals surface area contributed by atoms with Gasteiger partial charge in [-0.25, -0.2) is 8.78 Å². The van der Waals surface area contributed by atoms with E-state index >= 15 is 0 Å². The predicted octanol–water partition coefficient (Wildman–Crippen LogP) is 4.69. The van der Waals surface area contributed by atoms with E-state index in [1.54, 1.807) is 36.1 Å². The summed E-state index contributed by atoms with van der Waals surface area (Å²) in [6.45, 7) is 11.5. The number of hydrogen-bond acceptors (Lipinski definition) is 4. The minimum absolute atomic E-state index is 0.00124. The average molecular weight is 559 g/mol. The summed E-state index contributed by atoms with van der Waals surface area (Å²) >= 11 is 0. The van der Waals surface area contributed by atoms with Gasteiger partial charge in [0.2, 0.25) is 5.91 Å². The highest BCUT2D eigenvalue weighted by Gasteiger charge is 2.27. The second-order valence-electron chi connectivity index (χ2n) is 10.8. The van der Waals surface area contributed by atoms with Crippen LogP contribution in [0.25, 0.3) is 0 Å². The van der Waals surface area contributed by atoms with Crippen LogP contribution in [0.1, 0.15) is 80.2 Å². The quantitative estimate of drug-likeness (QED) is 0.295. The van der Waals surface area contributed by atoms with Crippen molar-refractivity contribution in [2.75, 3.05) is 19.6 Å². The smallest absolute Gasteiger partial charge is 0.253 e. The van der Waals surface area contributed by atoms with E-state index in [0.717, 1.165) is 25.0 Å². The van der Waals surface area contributed by atoms with Crippen molar-refractivity contribution in [3.05, 3.63) is 70.8 Å². The zero-order valence-corrected chi connectivity index (χ0v) is 24.3. The fourth-order valence-electron chi connectivity index (χ4n) is 4.47. The van der Waals surface area contributed by atoms with Crippen LogP contribution in [0.4, 0.5) is 8.78 Å². The topological polar surface area (TPSA) is 105 Å². The lowest BCUT2D eigenvalue weighted by Crippen LogP contribution is -2.50. The van der Waals surface area contributed by atoms with Gasteiger partial charge in [0.1, 0.15) is 11.6 Å². The van der Waals surface area contributed by atoms with Gasteiger partial charge in [0.05, 0.1) is 0 Å². The lowest BCUT2D eigenvalue weighted by molar-refractivity contribution is -0.125. The van der Waals surface area contributed by atoms with Crippen LogP contribution in [0.15, 0.2) is 42.5 Å². The lowest BCUT2D eigenvalue weighted by atomic mass is 9.91. The third kappa shape index (κ3) is 10.0. The van der Waals surface area contributed by atoms with Crippen LogP contribution in [0, 0.1) is 23.5 Å². The Hall–Kier alpha value is -3.33. The molecule has 9 heteroatoms. The highest BCUT2D eigenvalue weighted by molar-refractivity contribution is 5.99. The number of amides is 3. The number of nitrogens with two attached hydrogens (primary N) is 1. The molecular weight excluding hydrogens is 514 g/mol. The van der Waals surface area contributed by atoms with Gasteiger partial charge in [-0.15, -0.1) is 0 Å². The van der Waals surface area contributed by atoms with Crippen LogP contribution in [0.5, 0.6) is 0 Å². The van der Waals surface area contributed by atoms with Crippen molar-refractivity contribution >= 4 is 17.7 Å². The molecule has 7 nitrogen and oxygen atoms in total. The third-order valence-electron chi connectivity index (χ3n) is 6.69. The molecule has 0 spiro atoms. The Balaban J connectivity index is 2.27. The van der Waals surface area contributed by atoms with Crippen molar-refractivity contribution in [3.63, 3.8) is 0 Å². The first-order valence-electron chi connectivity index (χ1n) is 14.1. The number of nitrogens with one attached hydrogen (secondary N) is 2. The van der Waals surface area contributed by atoms with E-state index in [4.69, 9.17) is 5.73 Å². The Kier molecular flexibility index (Phi) is 13.2. The first-order valence-corrected chi connectivity index (χ1v) is 14.1. The van der Waals surface area contributed by atoms with Crippen LogP contribution in [0.2, 0.25) is 0 Å². The summed E-state index contributed by atoms with van der Waals surface area (Å²) in [6.07, 6.45) is 1.87. The second-order valence-corrected chi connectivity index (χ2v) is 10.8. The molecule has 2 rings (SSSR count). The molecule has 4 N–H and O–H groups in total. The summed E-state index contributed by atoms with van der Waals surface area (Å²) in [7, 11) is 0. The van der Waals surface area contributed by atoms with E-state index in [9.17, 15) is 23.2 Å². The van der Waals surface area contributed by atoms with E-state index in [2.05, 4.69) is 10.6 Å². The minimum atomic E-state index is -0.760. The fourth-order valence-corrected chi connectivity index (χ4v) is 4.47. The first kappa shape index (κ1) is 32.9. The monoisotopic (exact) mass is 558 g/mol. The first-order chi connectivity index (χ1) is 19.0. The van der Waals surface area contributed by atoms with E-state index in [-0.39, 0.29) is 41.7 Å². The molecule has 0 aliphatic carbocycles. The van der Waals surface area contributed by atoms with Gasteiger partial charge in [-0.3, -0.25) is 14.4 Å². The Morgan fingerprint density at radius 3 is 2.20 bits per heavy atom. The zero-order chi connectivity index (χ0) is 29.8. The van der Waals surface area contributed by atoms with Gasteiger partial charge in [0, 0.05) is 54.8 Å². The molecule has 0 heterocycles. The van der Waals surface area contributed by atoms with Crippen LogP contribution in [-0.2, 0) is 11.2 Å². The molecule has 2 aromatic rings. The number of carbonyl (C=O) groups is 3. The Morgan fingerprint density at radius 1 is 0.950 bits per heavy atom. The van der Waals surface area contributed by atoms with Crippen LogP contribution < -0.4 is 16.4 Å². The summed E-state index contributed by atoms with van der Waals surface area (Å²) in [5, 5.41) is 5.76. The molecule has 0 aromatic heterocycles. The predicted molar refractivity (Wildman–Crippen MR) is 154 cm³/mol. The van der Waals surface area contributed by atoms with Crippen molar-refractivity contribution in [2.45, 2.75) is 72.4 Å². The molecule has 0 bridgehead atoms. The Labute approximate surface area is 236 Å². The Bertz CT molecular complexity index is 1140. The van der Waals surface area contributed by atoms with Crippen LogP contribution in [-0.4, -0.2) is 54.3 Å². The number of rotatable bonds is 15. The number of benzene rings is 2. The zero-order valence-electron chi connectivity index (χ0n) is 24.3. The molecule has 220 valence electrons. The molecule has 0 unspecified atom stereocenters. The SMILES string of the molecule is CCCN(CCC)C(=O)c1cccc(C(=O)N[C@@H](Cc2ccc(F)cc2F)[C@@H](N)C[C@@H](C)C(=O)NCC(C)C)c1. The highest BCUT2D eigenvalue weighted by Crippen LogP contribution is 2.17. The lowest BCUT2D eigenvalue weighted by Gasteiger charge is -2.28. The van der Waals surface area contributed by atoms with E-state index in [1.807, 2.05) is 27.7 Å². The van der Waals surface area contributed by atoms with Crippen LogP contribution in [0.3, 0.4) is 0 Å². The third-order valence-corrected chi connectivity index (χ3v) is 6.69. The number of carbonyl (C=O) groups excluding carboxylic acids is 3. The van der Waals surface area contributed by atoms with Gasteiger partial charge < -0.3 is 21.3 Å². The maximum Gasteiger partial charge on any atom is 0.253 e. The molecule has 40 heavy (non-hydrogen) atoms. The molecule has 0 fully saturated rings. The van der Waals surface area contributed by atoms with Gasteiger partial charge in [0.25, 0.3) is 11.8 Å². The van der Waals surface area contributed by atoms with E-state index < -0.39 is 35.5 Å². The van der Waals surface area contributed by atoms with Crippen molar-refractivity contribution in [1.82, 2.24) is 15.5 Å². The van der Waals surface area contributed by atoms with Crippen molar-refractivity contribution in [1.29, 1.82) is 0 Å². The molecular formula is C31H44F2N4O3. The van der Waals surface area contributed by atoms with Gasteiger partial charge >= 0.3 is 0 Å². The number of hydrogen-bond donors (Lipinski definition) is 3. The van der Waals surface area contributed by atoms with Gasteiger partial charge in [-0.1, -0.05) is 46.8 Å². The van der Waals surface area contributed by atoms with Gasteiger partial charge in [-0.2, -0.15) is 0 Å². The maximum absolute atomic E-state index is 14.5. The molecule has 0 radical (unpaired) electrons. The van der Waals surface area contributed by atoms with Crippen molar-refractivity contribution in [3.8, 4) is 0 Å². The standard InChI is InChI=1S/C31H44F2N4O3/c1-6-13-37(14-7-2)31(40)24-10-8-9-23(16-24)30(39)36-28(17-22-11-12-25(32)18-26(22)33)27(34)15-21(5)29(38)35-19-20(3)4/h8-12,16,18,20-21,27-28H,6-7,13-15,17,19,34H2,1-5H3,(H,35,38)(H,36,39)/t21-,27+,28+/m1/s1. The summed E-state index contributed by atoms with van der Waals surface area (Å²) in [4.78, 5) is 40.8. The molecule has 0 saturated heterocycles. The minimum Gasteiger partial charge on any atom is -0.356 e. The second kappa shape index (κ2) is 16.1. The molecule has 0 aliphatic heterocycles. The molecule has 0 saturated carbocycles. The molecule has 3 atom stereocenters. The van der Waals surface area contributed by atoms with Crippen molar-refractivity contribution < 1.29 is 23.2 Å². The maximum atomic E-state index is 14.5.